The summed E-state index contributed by atoms with van der Waals surface area (Å²) in [6.45, 7) is 0. The highest BCUT2D eigenvalue weighted by atomic mass is 35.5. The molecule has 0 spiro atoms. The fourth-order valence-corrected chi connectivity index (χ4v) is 3.47. The highest BCUT2D eigenvalue weighted by Gasteiger charge is 2.14. The normalized spacial score (nSPS) is 10.7. The van der Waals surface area contributed by atoms with Crippen LogP contribution in [0.1, 0.15) is 0 Å². The molecule has 0 saturated carbocycles. The van der Waals surface area contributed by atoms with E-state index in [-0.39, 0.29) is 0 Å². The third-order valence-electron chi connectivity index (χ3n) is 3.36. The molecule has 22 heavy (non-hydrogen) atoms. The Bertz CT molecular complexity index is 777. The van der Waals surface area contributed by atoms with Crippen molar-refractivity contribution in [3.8, 4) is 21.7 Å². The van der Waals surface area contributed by atoms with E-state index in [2.05, 4.69) is 34.1 Å². The number of halogens is 2. The third kappa shape index (κ3) is 3.12. The molecular formula is C17H14Cl2N2S. The van der Waals surface area contributed by atoms with Gasteiger partial charge >= 0.3 is 0 Å². The summed E-state index contributed by atoms with van der Waals surface area (Å²) in [5.74, 6) is 0. The van der Waals surface area contributed by atoms with Crippen LogP contribution < -0.4 is 4.90 Å². The van der Waals surface area contributed by atoms with Crippen LogP contribution in [-0.4, -0.2) is 19.1 Å². The van der Waals surface area contributed by atoms with E-state index < -0.39 is 0 Å². The van der Waals surface area contributed by atoms with Crippen LogP contribution in [0.15, 0.2) is 48.5 Å². The first-order valence-corrected chi connectivity index (χ1v) is 8.32. The first-order chi connectivity index (χ1) is 10.5. The van der Waals surface area contributed by atoms with Crippen molar-refractivity contribution >= 4 is 40.2 Å². The lowest BCUT2D eigenvalue weighted by Gasteiger charge is -2.12. The number of anilines is 1. The van der Waals surface area contributed by atoms with Crippen LogP contribution >= 0.6 is 34.5 Å². The number of hydrogen-bond donors (Lipinski definition) is 0. The molecular weight excluding hydrogens is 335 g/mol. The molecule has 3 aromatic rings. The maximum atomic E-state index is 6.15. The third-order valence-corrected chi connectivity index (χ3v) is 4.83. The Morgan fingerprint density at radius 1 is 0.864 bits per heavy atom. The summed E-state index contributed by atoms with van der Waals surface area (Å²) >= 11 is 13.6. The van der Waals surface area contributed by atoms with E-state index in [1.807, 2.05) is 38.4 Å². The molecule has 2 nitrogen and oxygen atoms in total. The minimum Gasteiger partial charge on any atom is -0.378 e. The van der Waals surface area contributed by atoms with Crippen LogP contribution in [0.3, 0.4) is 0 Å². The van der Waals surface area contributed by atoms with Gasteiger partial charge in [0.05, 0.1) is 10.6 Å². The van der Waals surface area contributed by atoms with Gasteiger partial charge in [0.1, 0.15) is 0 Å². The SMILES string of the molecule is CN(C)c1ccc(-c2nc(Cl)sc2-c2ccc(Cl)cc2)cc1. The van der Waals surface area contributed by atoms with Crippen molar-refractivity contribution in [3.63, 3.8) is 0 Å². The molecule has 0 aliphatic rings. The summed E-state index contributed by atoms with van der Waals surface area (Å²) in [6.07, 6.45) is 0. The van der Waals surface area contributed by atoms with Gasteiger partial charge in [0, 0.05) is 30.4 Å². The molecule has 0 unspecified atom stereocenters. The first-order valence-electron chi connectivity index (χ1n) is 6.74. The minimum absolute atomic E-state index is 0.539. The lowest BCUT2D eigenvalue weighted by Crippen LogP contribution is -2.07. The molecule has 2 aromatic carbocycles. The molecule has 1 aromatic heterocycles. The van der Waals surface area contributed by atoms with Gasteiger partial charge in [-0.25, -0.2) is 4.98 Å². The summed E-state index contributed by atoms with van der Waals surface area (Å²) < 4.78 is 0.539. The number of aromatic nitrogens is 1. The van der Waals surface area contributed by atoms with E-state index in [1.165, 1.54) is 11.3 Å². The highest BCUT2D eigenvalue weighted by molar-refractivity contribution is 7.19. The summed E-state index contributed by atoms with van der Waals surface area (Å²) in [4.78, 5) is 7.61. The highest BCUT2D eigenvalue weighted by Crippen LogP contribution is 2.39. The van der Waals surface area contributed by atoms with Gasteiger partial charge in [0.2, 0.25) is 0 Å². The van der Waals surface area contributed by atoms with Crippen molar-refractivity contribution in [1.29, 1.82) is 0 Å². The van der Waals surface area contributed by atoms with Crippen LogP contribution in [-0.2, 0) is 0 Å². The van der Waals surface area contributed by atoms with E-state index in [0.717, 1.165) is 32.4 Å². The minimum atomic E-state index is 0.539. The van der Waals surface area contributed by atoms with E-state index in [4.69, 9.17) is 23.2 Å². The zero-order valence-corrected chi connectivity index (χ0v) is 14.5. The molecule has 5 heteroatoms. The van der Waals surface area contributed by atoms with Gasteiger partial charge in [-0.1, -0.05) is 47.5 Å². The average molecular weight is 349 g/mol. The van der Waals surface area contributed by atoms with Crippen molar-refractivity contribution in [2.24, 2.45) is 0 Å². The van der Waals surface area contributed by atoms with Crippen molar-refractivity contribution in [3.05, 3.63) is 58.0 Å². The Morgan fingerprint density at radius 3 is 2.05 bits per heavy atom. The Morgan fingerprint density at radius 2 is 1.45 bits per heavy atom. The first kappa shape index (κ1) is 15.3. The summed E-state index contributed by atoms with van der Waals surface area (Å²) in [7, 11) is 4.04. The molecule has 1 heterocycles. The fourth-order valence-electron chi connectivity index (χ4n) is 2.20. The number of hydrogen-bond acceptors (Lipinski definition) is 3. The second kappa shape index (κ2) is 6.29. The van der Waals surface area contributed by atoms with Gasteiger partial charge in [-0.2, -0.15) is 0 Å². The Kier molecular flexibility index (Phi) is 4.39. The predicted octanol–water partition coefficient (Wildman–Crippen LogP) is 5.85. The Hall–Kier alpha value is -1.55. The van der Waals surface area contributed by atoms with Gasteiger partial charge in [-0.15, -0.1) is 11.3 Å². The topological polar surface area (TPSA) is 16.1 Å². The van der Waals surface area contributed by atoms with Crippen molar-refractivity contribution < 1.29 is 0 Å². The largest absolute Gasteiger partial charge is 0.378 e. The summed E-state index contributed by atoms with van der Waals surface area (Å²) in [6, 6.07) is 16.0. The van der Waals surface area contributed by atoms with Crippen LogP contribution in [0.5, 0.6) is 0 Å². The maximum absolute atomic E-state index is 6.15. The van der Waals surface area contributed by atoms with Crippen LogP contribution in [0, 0.1) is 0 Å². The summed E-state index contributed by atoms with van der Waals surface area (Å²) in [5.41, 5.74) is 4.18. The smallest absolute Gasteiger partial charge is 0.184 e. The zero-order valence-electron chi connectivity index (χ0n) is 12.2. The summed E-state index contributed by atoms with van der Waals surface area (Å²) in [5, 5.41) is 0.719. The molecule has 0 radical (unpaired) electrons. The van der Waals surface area contributed by atoms with Crippen LogP contribution in [0.2, 0.25) is 9.49 Å². The molecule has 0 atom stereocenters. The second-order valence-corrected chi connectivity index (χ2v) is 7.11. The number of benzene rings is 2. The van der Waals surface area contributed by atoms with Gasteiger partial charge < -0.3 is 4.90 Å². The van der Waals surface area contributed by atoms with Gasteiger partial charge in [-0.05, 0) is 29.8 Å². The Balaban J connectivity index is 2.06. The van der Waals surface area contributed by atoms with E-state index in [0.29, 0.717) is 4.47 Å². The molecule has 0 bridgehead atoms. The molecule has 0 saturated heterocycles. The lowest BCUT2D eigenvalue weighted by atomic mass is 10.1. The van der Waals surface area contributed by atoms with Gasteiger partial charge in [-0.3, -0.25) is 0 Å². The van der Waals surface area contributed by atoms with E-state index in [9.17, 15) is 0 Å². The molecule has 0 aliphatic carbocycles. The molecule has 3 rings (SSSR count). The fraction of sp³-hybridized carbons (Fsp3) is 0.118. The number of thiazole rings is 1. The standard InChI is InChI=1S/C17H14Cl2N2S/c1-21(2)14-9-5-11(6-10-14)15-16(22-17(19)20-15)12-3-7-13(18)8-4-12/h3-10H,1-2H3. The number of nitrogens with zero attached hydrogens (tertiary/aromatic N) is 2. The van der Waals surface area contributed by atoms with E-state index >= 15 is 0 Å². The maximum Gasteiger partial charge on any atom is 0.184 e. The van der Waals surface area contributed by atoms with Gasteiger partial charge in [0.15, 0.2) is 4.47 Å². The van der Waals surface area contributed by atoms with Crippen LogP contribution in [0.25, 0.3) is 21.7 Å². The van der Waals surface area contributed by atoms with E-state index in [1.54, 1.807) is 0 Å². The average Bonchev–Trinajstić information content (AvgIpc) is 2.90. The van der Waals surface area contributed by atoms with Gasteiger partial charge in [0.25, 0.3) is 0 Å². The molecule has 0 N–H and O–H groups in total. The van der Waals surface area contributed by atoms with Crippen molar-refractivity contribution in [2.75, 3.05) is 19.0 Å². The van der Waals surface area contributed by atoms with Crippen molar-refractivity contribution in [2.45, 2.75) is 0 Å². The molecule has 0 aliphatic heterocycles. The predicted molar refractivity (Wildman–Crippen MR) is 97.3 cm³/mol. The Labute approximate surface area is 144 Å². The monoisotopic (exact) mass is 348 g/mol. The number of rotatable bonds is 3. The van der Waals surface area contributed by atoms with Crippen molar-refractivity contribution in [1.82, 2.24) is 4.98 Å². The zero-order chi connectivity index (χ0) is 15.7. The molecule has 0 amide bonds. The second-order valence-electron chi connectivity index (χ2n) is 5.09. The molecule has 0 fully saturated rings. The quantitative estimate of drug-likeness (QED) is 0.590. The lowest BCUT2D eigenvalue weighted by molar-refractivity contribution is 1.13. The van der Waals surface area contributed by atoms with Crippen LogP contribution in [0.4, 0.5) is 5.69 Å². The molecule has 112 valence electrons.